The number of benzene rings is 5. The number of hydrogen-bond donors (Lipinski definition) is 0. The molecule has 0 fully saturated rings. The molecule has 5 aromatic carbocycles. The molecule has 0 amide bonds. The smallest absolute Gasteiger partial charge is 0.227 e. The summed E-state index contributed by atoms with van der Waals surface area (Å²) in [4.78, 5) is 7.60. The molecule has 3 heterocycles. The predicted octanol–water partition coefficient (Wildman–Crippen LogP) is 10.8. The van der Waals surface area contributed by atoms with E-state index in [0.29, 0.717) is 29.1 Å². The number of aromatic nitrogens is 2. The number of para-hydroxylation sites is 1. The van der Waals surface area contributed by atoms with Crippen LogP contribution in [0, 0.1) is 11.3 Å². The summed E-state index contributed by atoms with van der Waals surface area (Å²) in [6.45, 7) is 7.23. The first kappa shape index (κ1) is 28.9. The van der Waals surface area contributed by atoms with Crippen molar-refractivity contribution < 1.29 is 8.83 Å². The second kappa shape index (κ2) is 12.0. The van der Waals surface area contributed by atoms with E-state index in [0.717, 1.165) is 88.1 Å². The summed E-state index contributed by atoms with van der Waals surface area (Å²) in [5.41, 5.74) is 8.93. The molecule has 6 nitrogen and oxygen atoms in total. The molecule has 0 N–H and O–H groups in total. The van der Waals surface area contributed by atoms with E-state index in [9.17, 15) is 5.26 Å². The molecular formula is C41H36N4O2. The van der Waals surface area contributed by atoms with Gasteiger partial charge >= 0.3 is 0 Å². The molecule has 232 valence electrons. The fourth-order valence-electron chi connectivity index (χ4n) is 6.93. The van der Waals surface area contributed by atoms with Crippen molar-refractivity contribution in [1.82, 2.24) is 9.55 Å². The topological polar surface area (TPSA) is 71.1 Å². The van der Waals surface area contributed by atoms with Crippen molar-refractivity contribution in [3.63, 3.8) is 0 Å². The van der Waals surface area contributed by atoms with Crippen LogP contribution in [-0.2, 0) is 6.54 Å². The Hall–Kier alpha value is -5.54. The van der Waals surface area contributed by atoms with Gasteiger partial charge in [0, 0.05) is 64.0 Å². The van der Waals surface area contributed by atoms with Crippen LogP contribution in [0.1, 0.15) is 50.7 Å². The first-order chi connectivity index (χ1) is 23.2. The van der Waals surface area contributed by atoms with E-state index in [2.05, 4.69) is 102 Å². The summed E-state index contributed by atoms with van der Waals surface area (Å²) in [5.74, 6) is 0.501. The van der Waals surface area contributed by atoms with Crippen LogP contribution in [0.15, 0.2) is 106 Å². The van der Waals surface area contributed by atoms with E-state index in [-0.39, 0.29) is 0 Å². The van der Waals surface area contributed by atoms with Gasteiger partial charge in [0.2, 0.25) is 5.89 Å². The van der Waals surface area contributed by atoms with Gasteiger partial charge in [0.25, 0.3) is 0 Å². The quantitative estimate of drug-likeness (QED) is 0.153. The maximum atomic E-state index is 9.37. The lowest BCUT2D eigenvalue weighted by atomic mass is 10.0. The van der Waals surface area contributed by atoms with Gasteiger partial charge in [-0.15, -0.1) is 0 Å². The lowest BCUT2D eigenvalue weighted by molar-refractivity contribution is 0.620. The summed E-state index contributed by atoms with van der Waals surface area (Å²) in [6.07, 6.45) is 4.63. The van der Waals surface area contributed by atoms with Crippen LogP contribution in [-0.4, -0.2) is 22.6 Å². The fraction of sp³-hybridized carbons (Fsp3) is 0.220. The maximum absolute atomic E-state index is 9.37. The van der Waals surface area contributed by atoms with E-state index in [4.69, 9.17) is 13.8 Å². The molecule has 0 bridgehead atoms. The summed E-state index contributed by atoms with van der Waals surface area (Å²) in [5, 5.41) is 13.8. The summed E-state index contributed by atoms with van der Waals surface area (Å²) >= 11 is 0. The Morgan fingerprint density at radius 2 is 1.51 bits per heavy atom. The van der Waals surface area contributed by atoms with Crippen molar-refractivity contribution in [2.24, 2.45) is 0 Å². The Kier molecular flexibility index (Phi) is 7.38. The van der Waals surface area contributed by atoms with E-state index in [1.165, 1.54) is 11.3 Å². The normalized spacial score (nSPS) is 11.8. The highest BCUT2D eigenvalue weighted by Gasteiger charge is 2.26. The van der Waals surface area contributed by atoms with Crippen LogP contribution >= 0.6 is 0 Å². The molecule has 0 saturated carbocycles. The molecule has 6 heteroatoms. The van der Waals surface area contributed by atoms with Crippen molar-refractivity contribution in [1.29, 1.82) is 5.26 Å². The highest BCUT2D eigenvalue weighted by molar-refractivity contribution is 6.34. The molecule has 0 saturated heterocycles. The summed E-state index contributed by atoms with van der Waals surface area (Å²) in [6, 6.07) is 35.4. The van der Waals surface area contributed by atoms with Gasteiger partial charge in [-0.05, 0) is 60.9 Å². The Labute approximate surface area is 273 Å². The first-order valence-corrected chi connectivity index (χ1v) is 16.7. The largest absolute Gasteiger partial charge is 0.454 e. The lowest BCUT2D eigenvalue weighted by Crippen LogP contribution is -2.25. The van der Waals surface area contributed by atoms with Crippen LogP contribution in [0.25, 0.3) is 66.3 Å². The molecule has 0 radical (unpaired) electrons. The molecule has 8 aromatic rings. The van der Waals surface area contributed by atoms with Crippen molar-refractivity contribution >= 4 is 60.5 Å². The van der Waals surface area contributed by atoms with Crippen LogP contribution in [0.5, 0.6) is 0 Å². The minimum absolute atomic E-state index is 0.501. The molecule has 0 aliphatic rings. The number of unbranched alkanes of at least 4 members (excludes halogenated alkanes) is 2. The zero-order valence-electron chi connectivity index (χ0n) is 26.8. The van der Waals surface area contributed by atoms with E-state index >= 15 is 0 Å². The molecule has 0 aliphatic heterocycles. The molecule has 0 atom stereocenters. The van der Waals surface area contributed by atoms with Gasteiger partial charge in [-0.2, -0.15) is 5.26 Å². The minimum atomic E-state index is 0.501. The highest BCUT2D eigenvalue weighted by Crippen LogP contribution is 2.46. The maximum Gasteiger partial charge on any atom is 0.227 e. The number of rotatable bonds is 10. The van der Waals surface area contributed by atoms with E-state index in [1.54, 1.807) is 12.1 Å². The van der Waals surface area contributed by atoms with Crippen LogP contribution in [0.4, 0.5) is 5.69 Å². The average Bonchev–Trinajstić information content (AvgIpc) is 3.81. The van der Waals surface area contributed by atoms with Crippen LogP contribution < -0.4 is 4.90 Å². The zero-order chi connectivity index (χ0) is 31.9. The monoisotopic (exact) mass is 616 g/mol. The third-order valence-corrected chi connectivity index (χ3v) is 9.32. The van der Waals surface area contributed by atoms with Crippen molar-refractivity contribution in [3.8, 4) is 17.5 Å². The summed E-state index contributed by atoms with van der Waals surface area (Å²) in [7, 11) is 0. The van der Waals surface area contributed by atoms with Crippen LogP contribution in [0.3, 0.4) is 0 Å². The highest BCUT2D eigenvalue weighted by atomic mass is 16.4. The number of anilines is 1. The molecule has 0 aliphatic carbocycles. The third kappa shape index (κ3) is 4.90. The van der Waals surface area contributed by atoms with E-state index < -0.39 is 0 Å². The molecule has 0 spiro atoms. The zero-order valence-corrected chi connectivity index (χ0v) is 26.8. The Morgan fingerprint density at radius 1 is 0.766 bits per heavy atom. The third-order valence-electron chi connectivity index (χ3n) is 9.32. The van der Waals surface area contributed by atoms with Gasteiger partial charge in [-0.3, -0.25) is 0 Å². The number of fused-ring (bicyclic) bond motifs is 10. The number of nitriles is 1. The molecular weight excluding hydrogens is 580 g/mol. The minimum Gasteiger partial charge on any atom is -0.454 e. The Morgan fingerprint density at radius 3 is 2.26 bits per heavy atom. The second-order valence-electron chi connectivity index (χ2n) is 12.4. The number of hydrogen-bond acceptors (Lipinski definition) is 5. The Balaban J connectivity index is 1.45. The van der Waals surface area contributed by atoms with E-state index in [1.807, 2.05) is 12.1 Å². The molecule has 0 unspecified atom stereocenters. The van der Waals surface area contributed by atoms with Gasteiger partial charge in [0.1, 0.15) is 5.58 Å². The van der Waals surface area contributed by atoms with Crippen LogP contribution in [0.2, 0.25) is 0 Å². The molecule has 8 rings (SSSR count). The standard InChI is InChI=1S/C41H36N4O2/c1-3-5-22-44(23-6-4-2)30-20-21-32-34(24-30)46-39-36(32)35-31-14-10-11-15-33(31)45(26-28-12-8-7-9-13-28)38(35)40-37(39)43-41(47-40)29-18-16-27(25-42)17-19-29/h7-21,24H,3-6,22-23,26H2,1-2H3. The van der Waals surface area contributed by atoms with Gasteiger partial charge in [-0.25, -0.2) is 4.98 Å². The fourth-order valence-corrected chi connectivity index (χ4v) is 6.93. The van der Waals surface area contributed by atoms with Crippen molar-refractivity contribution in [3.05, 3.63) is 108 Å². The average molecular weight is 617 g/mol. The summed E-state index contributed by atoms with van der Waals surface area (Å²) < 4.78 is 15.9. The molecule has 3 aromatic heterocycles. The van der Waals surface area contributed by atoms with Crippen molar-refractivity contribution in [2.75, 3.05) is 18.0 Å². The van der Waals surface area contributed by atoms with Gasteiger partial charge in [0.15, 0.2) is 16.7 Å². The van der Waals surface area contributed by atoms with Gasteiger partial charge in [0.05, 0.1) is 17.1 Å². The molecule has 47 heavy (non-hydrogen) atoms. The Bertz CT molecular complexity index is 2420. The van der Waals surface area contributed by atoms with Crippen molar-refractivity contribution in [2.45, 2.75) is 46.1 Å². The SMILES string of the molecule is CCCCN(CCCC)c1ccc2c(c1)oc1c3nc(-c4ccc(C#N)cc4)oc3c3c(c4ccccc4n3Cc3ccccc3)c21. The number of furan rings is 1. The predicted molar refractivity (Wildman–Crippen MR) is 192 cm³/mol. The van der Waals surface area contributed by atoms with Gasteiger partial charge < -0.3 is 18.3 Å². The number of oxazole rings is 1. The second-order valence-corrected chi connectivity index (χ2v) is 12.4. The van der Waals surface area contributed by atoms with Gasteiger partial charge in [-0.1, -0.05) is 75.2 Å². The first-order valence-electron chi connectivity index (χ1n) is 16.7. The number of nitrogens with zero attached hydrogens (tertiary/aromatic N) is 4. The lowest BCUT2D eigenvalue weighted by Gasteiger charge is -2.24.